The molecule has 0 saturated carbocycles. The van der Waals surface area contributed by atoms with Gasteiger partial charge in [-0.2, -0.15) is 16.9 Å². The highest BCUT2D eigenvalue weighted by Crippen LogP contribution is 2.29. The van der Waals surface area contributed by atoms with Gasteiger partial charge >= 0.3 is 5.69 Å². The van der Waals surface area contributed by atoms with Gasteiger partial charge in [0, 0.05) is 30.1 Å². The summed E-state index contributed by atoms with van der Waals surface area (Å²) in [4.78, 5) is 17.1. The summed E-state index contributed by atoms with van der Waals surface area (Å²) in [5, 5.41) is 18.0. The van der Waals surface area contributed by atoms with E-state index in [1.807, 2.05) is 11.8 Å². The van der Waals surface area contributed by atoms with Crippen molar-refractivity contribution in [3.63, 3.8) is 0 Å². The number of thioether (sulfide) groups is 1. The number of halogens is 1. The maximum absolute atomic E-state index is 10.7. The van der Waals surface area contributed by atoms with Crippen molar-refractivity contribution in [2.45, 2.75) is 32.1 Å². The molecule has 24 heavy (non-hydrogen) atoms. The molecule has 0 radical (unpaired) electrons. The molecule has 1 aliphatic heterocycles. The molecule has 1 aliphatic rings. The van der Waals surface area contributed by atoms with E-state index >= 15 is 0 Å². The molecular formula is C14H25IN6O2S. The average Bonchev–Trinajstić information content (AvgIpc) is 2.94. The summed E-state index contributed by atoms with van der Waals surface area (Å²) < 4.78 is 1.78. The summed E-state index contributed by atoms with van der Waals surface area (Å²) >= 11 is 1.98. The molecule has 0 aromatic carbocycles. The van der Waals surface area contributed by atoms with Crippen LogP contribution in [0, 0.1) is 10.1 Å². The van der Waals surface area contributed by atoms with Crippen molar-refractivity contribution in [1.29, 1.82) is 0 Å². The molecule has 0 bridgehead atoms. The number of aliphatic imine (C=N–C) groups is 1. The molecular weight excluding hydrogens is 443 g/mol. The molecule has 0 unspecified atom stereocenters. The Labute approximate surface area is 163 Å². The molecule has 0 atom stereocenters. The number of nitrogens with one attached hydrogen (secondary N) is 1. The Hall–Kier alpha value is -1.04. The van der Waals surface area contributed by atoms with Crippen LogP contribution in [0.25, 0.3) is 0 Å². The van der Waals surface area contributed by atoms with Gasteiger partial charge in [0.1, 0.15) is 12.4 Å². The van der Waals surface area contributed by atoms with Gasteiger partial charge < -0.3 is 10.2 Å². The molecule has 2 heterocycles. The minimum Gasteiger partial charge on any atom is -0.357 e. The second kappa shape index (κ2) is 9.44. The molecule has 1 fully saturated rings. The second-order valence-corrected chi connectivity index (χ2v) is 7.79. The fraction of sp³-hybridized carbons (Fsp3) is 0.714. The lowest BCUT2D eigenvalue weighted by Crippen LogP contribution is -2.51. The molecule has 1 saturated heterocycles. The average molecular weight is 468 g/mol. The summed E-state index contributed by atoms with van der Waals surface area (Å²) in [5.41, 5.74) is 0.00990. The van der Waals surface area contributed by atoms with Crippen molar-refractivity contribution < 1.29 is 4.92 Å². The normalized spacial score (nSPS) is 17.3. The first-order valence-corrected chi connectivity index (χ1v) is 8.74. The second-order valence-electron chi connectivity index (χ2n) is 5.98. The van der Waals surface area contributed by atoms with Crippen molar-refractivity contribution in [2.75, 3.05) is 31.9 Å². The maximum Gasteiger partial charge on any atom is 0.306 e. The molecule has 10 heteroatoms. The van der Waals surface area contributed by atoms with E-state index in [-0.39, 0.29) is 34.4 Å². The highest BCUT2D eigenvalue weighted by molar-refractivity contribution is 14.0. The van der Waals surface area contributed by atoms with E-state index in [9.17, 15) is 10.1 Å². The predicted molar refractivity (Wildman–Crippen MR) is 108 cm³/mol. The number of hydrogen-bond acceptors (Lipinski definition) is 5. The molecule has 0 amide bonds. The van der Waals surface area contributed by atoms with Crippen LogP contribution in [0.15, 0.2) is 17.4 Å². The lowest BCUT2D eigenvalue weighted by molar-refractivity contribution is -0.385. The molecule has 1 aromatic rings. The van der Waals surface area contributed by atoms with Crippen LogP contribution in [-0.4, -0.2) is 62.2 Å². The van der Waals surface area contributed by atoms with Gasteiger partial charge in [0.2, 0.25) is 0 Å². The quantitative estimate of drug-likeness (QED) is 0.234. The number of aromatic nitrogens is 2. The van der Waals surface area contributed by atoms with Crippen molar-refractivity contribution in [1.82, 2.24) is 20.0 Å². The molecule has 136 valence electrons. The van der Waals surface area contributed by atoms with Crippen LogP contribution in [0.3, 0.4) is 0 Å². The maximum atomic E-state index is 10.7. The number of hydrogen-bond donors (Lipinski definition) is 1. The summed E-state index contributed by atoms with van der Waals surface area (Å²) in [6.45, 7) is 10.3. The summed E-state index contributed by atoms with van der Waals surface area (Å²) in [6.07, 6.45) is 2.70. The van der Waals surface area contributed by atoms with E-state index in [0.717, 1.165) is 31.3 Å². The summed E-state index contributed by atoms with van der Waals surface area (Å²) in [6, 6.07) is 0. The fourth-order valence-corrected chi connectivity index (χ4v) is 3.56. The number of nitrogens with zero attached hydrogens (tertiary/aromatic N) is 5. The van der Waals surface area contributed by atoms with E-state index in [1.165, 1.54) is 12.4 Å². The molecule has 0 spiro atoms. The van der Waals surface area contributed by atoms with Gasteiger partial charge in [-0.3, -0.25) is 19.8 Å². The highest BCUT2D eigenvalue weighted by atomic mass is 127. The molecule has 1 aromatic heterocycles. The molecule has 0 aliphatic carbocycles. The van der Waals surface area contributed by atoms with Gasteiger partial charge in [-0.05, 0) is 20.8 Å². The zero-order chi connectivity index (χ0) is 16.9. The van der Waals surface area contributed by atoms with Gasteiger partial charge in [0.15, 0.2) is 5.96 Å². The first-order chi connectivity index (χ1) is 10.9. The summed E-state index contributed by atoms with van der Waals surface area (Å²) in [5.74, 6) is 1.99. The number of guanidine groups is 1. The van der Waals surface area contributed by atoms with E-state index in [4.69, 9.17) is 0 Å². The van der Waals surface area contributed by atoms with E-state index in [0.29, 0.717) is 13.1 Å². The fourth-order valence-electron chi connectivity index (χ4n) is 2.45. The third-order valence-corrected chi connectivity index (χ3v) is 4.78. The molecule has 1 N–H and O–H groups in total. The summed E-state index contributed by atoms with van der Waals surface area (Å²) in [7, 11) is 0. The van der Waals surface area contributed by atoms with Crippen LogP contribution < -0.4 is 5.32 Å². The Morgan fingerprint density at radius 1 is 1.58 bits per heavy atom. The van der Waals surface area contributed by atoms with Crippen LogP contribution in [0.5, 0.6) is 0 Å². The van der Waals surface area contributed by atoms with Gasteiger partial charge in [-0.25, -0.2) is 0 Å². The number of nitro groups is 1. The predicted octanol–water partition coefficient (Wildman–Crippen LogP) is 2.20. The van der Waals surface area contributed by atoms with Crippen LogP contribution >= 0.6 is 35.7 Å². The standard InChI is InChI=1S/C14H24N6O2S.HI/c1-4-15-13(18-7-8-23-14(2,3)11-18)16-5-6-19-10-12(9-17-19)20(21)22;/h9-10H,4-8,11H2,1-3H3,(H,15,16);1H. The SMILES string of the molecule is CCNC(=NCCn1cc([N+](=O)[O-])cn1)N1CCSC(C)(C)C1.I. The lowest BCUT2D eigenvalue weighted by atomic mass is 10.2. The monoisotopic (exact) mass is 468 g/mol. The first kappa shape index (κ1) is 21.0. The van der Waals surface area contributed by atoms with E-state index in [2.05, 4.69) is 41.1 Å². The Kier molecular flexibility index (Phi) is 8.27. The van der Waals surface area contributed by atoms with Crippen LogP contribution in [0.4, 0.5) is 5.69 Å². The van der Waals surface area contributed by atoms with Crippen molar-refractivity contribution in [3.8, 4) is 0 Å². The largest absolute Gasteiger partial charge is 0.357 e. The molecule has 8 nitrogen and oxygen atoms in total. The minimum atomic E-state index is -0.440. The third-order valence-electron chi connectivity index (χ3n) is 3.48. The Balaban J connectivity index is 0.00000288. The van der Waals surface area contributed by atoms with Crippen molar-refractivity contribution in [3.05, 3.63) is 22.5 Å². The Morgan fingerprint density at radius 3 is 2.92 bits per heavy atom. The zero-order valence-corrected chi connectivity index (χ0v) is 17.4. The van der Waals surface area contributed by atoms with Crippen LogP contribution in [0.2, 0.25) is 0 Å². The highest BCUT2D eigenvalue weighted by Gasteiger charge is 2.28. The van der Waals surface area contributed by atoms with Gasteiger partial charge in [0.25, 0.3) is 0 Å². The third kappa shape index (κ3) is 6.11. The van der Waals surface area contributed by atoms with Crippen molar-refractivity contribution in [2.24, 2.45) is 4.99 Å². The topological polar surface area (TPSA) is 88.6 Å². The van der Waals surface area contributed by atoms with Gasteiger partial charge in [0.05, 0.1) is 18.0 Å². The molecule has 2 rings (SSSR count). The first-order valence-electron chi connectivity index (χ1n) is 7.75. The van der Waals surface area contributed by atoms with Gasteiger partial charge in [-0.15, -0.1) is 24.0 Å². The van der Waals surface area contributed by atoms with Gasteiger partial charge in [-0.1, -0.05) is 0 Å². The number of rotatable bonds is 5. The Morgan fingerprint density at radius 2 is 2.33 bits per heavy atom. The van der Waals surface area contributed by atoms with Crippen LogP contribution in [0.1, 0.15) is 20.8 Å². The lowest BCUT2D eigenvalue weighted by Gasteiger charge is -2.39. The van der Waals surface area contributed by atoms with E-state index in [1.54, 1.807) is 4.68 Å². The smallest absolute Gasteiger partial charge is 0.306 e. The van der Waals surface area contributed by atoms with Crippen LogP contribution in [-0.2, 0) is 6.54 Å². The minimum absolute atomic E-state index is 0. The van der Waals surface area contributed by atoms with E-state index < -0.39 is 4.92 Å². The van der Waals surface area contributed by atoms with Crippen molar-refractivity contribution >= 4 is 47.4 Å². The Bertz CT molecular complexity index is 577. The zero-order valence-electron chi connectivity index (χ0n) is 14.3.